The Morgan fingerprint density at radius 2 is 1.37 bits per heavy atom. The molecule has 0 spiro atoms. The predicted molar refractivity (Wildman–Crippen MR) is 222 cm³/mol. The van der Waals surface area contributed by atoms with Crippen LogP contribution in [-0.4, -0.2) is 10.4 Å². The molecule has 0 fully saturated rings. The largest absolute Gasteiger partial charge is 0.456 e. The number of furan rings is 1. The molecule has 10 rings (SSSR count). The van der Waals surface area contributed by atoms with E-state index < -0.39 is 0 Å². The third-order valence-electron chi connectivity index (χ3n) is 10.00. The average molecular weight is 738 g/mol. The van der Waals surface area contributed by atoms with Gasteiger partial charge in [-0.3, -0.25) is 4.57 Å². The Hall–Kier alpha value is -5.75. The van der Waals surface area contributed by atoms with Crippen LogP contribution in [0.1, 0.15) is 18.1 Å². The van der Waals surface area contributed by atoms with Crippen molar-refractivity contribution in [2.75, 3.05) is 0 Å². The van der Waals surface area contributed by atoms with Gasteiger partial charge >= 0.3 is 0 Å². The Labute approximate surface area is 306 Å². The molecule has 0 N–H and O–H groups in total. The minimum Gasteiger partial charge on any atom is -0.456 e. The Bertz CT molecular complexity index is 3070. The quantitative estimate of drug-likeness (QED) is 0.131. The first-order valence-electron chi connectivity index (χ1n) is 16.9. The average Bonchev–Trinajstić information content (AvgIpc) is 3.83. The molecule has 0 aliphatic heterocycles. The second-order valence-corrected chi connectivity index (χ2v) is 14.9. The molecule has 5 heteroatoms. The molecule has 3 nitrogen and oxygen atoms in total. The Morgan fingerprint density at radius 3 is 2.25 bits per heavy atom. The summed E-state index contributed by atoms with van der Waals surface area (Å²) in [6.45, 7) is 6.58. The second kappa shape index (κ2) is 11.7. The van der Waals surface area contributed by atoms with Crippen molar-refractivity contribution in [2.24, 2.45) is 4.99 Å². The molecule has 3 aromatic heterocycles. The molecule has 0 unspecified atom stereocenters. The van der Waals surface area contributed by atoms with Crippen molar-refractivity contribution in [3.8, 4) is 11.1 Å². The van der Waals surface area contributed by atoms with Crippen LogP contribution in [0.2, 0.25) is 0 Å². The summed E-state index contributed by atoms with van der Waals surface area (Å²) in [5, 5.41) is 7.16. The molecule has 0 aliphatic rings. The first-order chi connectivity index (χ1) is 25.0. The monoisotopic (exact) mass is 736 g/mol. The fraction of sp³-hybridized carbons (Fsp3) is 0.0217. The number of thiophene rings is 1. The highest BCUT2D eigenvalue weighted by atomic mass is 79.9. The number of hydrogen-bond acceptors (Lipinski definition) is 3. The van der Waals surface area contributed by atoms with Crippen LogP contribution in [0.25, 0.3) is 80.6 Å². The van der Waals surface area contributed by atoms with Crippen molar-refractivity contribution in [3.63, 3.8) is 0 Å². The first kappa shape index (κ1) is 30.1. The van der Waals surface area contributed by atoms with Gasteiger partial charge in [-0.15, -0.1) is 11.3 Å². The summed E-state index contributed by atoms with van der Waals surface area (Å²) >= 11 is 5.60. The summed E-state index contributed by atoms with van der Waals surface area (Å²) in [6.07, 6.45) is 0. The maximum Gasteiger partial charge on any atom is 0.136 e. The van der Waals surface area contributed by atoms with Crippen molar-refractivity contribution in [3.05, 3.63) is 168 Å². The Balaban J connectivity index is 1.20. The number of benzene rings is 7. The molecule has 10 aromatic rings. The summed E-state index contributed by atoms with van der Waals surface area (Å²) in [5.74, 6) is 0.896. The number of fused-ring (bicyclic) bond motifs is 9. The minimum absolute atomic E-state index is 0.880. The lowest BCUT2D eigenvalue weighted by atomic mass is 9.98. The molecule has 0 aliphatic carbocycles. The standard InChI is InChI=1S/C46H29BrN2OS/c1-27(29-11-4-3-5-12-29)32-13-6-8-16-39(32)48-28(2)49-40-21-19-30(31-20-22-42-37(24-31)46-38(47)15-10-17-43(46)50-42)23-34(40)35-25-36-33-14-7-9-18-44(33)51-45(36)26-41(35)49/h3-26H,1H2,2H3/b48-28+. The lowest BCUT2D eigenvalue weighted by Gasteiger charge is -2.12. The topological polar surface area (TPSA) is 30.4 Å². The van der Waals surface area contributed by atoms with Crippen molar-refractivity contribution >= 4 is 108 Å². The van der Waals surface area contributed by atoms with Crippen LogP contribution in [0.3, 0.4) is 0 Å². The van der Waals surface area contributed by atoms with Gasteiger partial charge < -0.3 is 4.42 Å². The number of para-hydroxylation sites is 1. The SMILES string of the molecule is C=C(c1ccccc1)c1ccccc1/N=C(\C)n1c2ccc(-c3ccc4oc5cccc(Br)c5c4c3)cc2c2cc3c(cc21)sc1ccccc13. The van der Waals surface area contributed by atoms with Gasteiger partial charge in [0, 0.05) is 51.8 Å². The van der Waals surface area contributed by atoms with E-state index in [9.17, 15) is 0 Å². The fourth-order valence-electron chi connectivity index (χ4n) is 7.57. The highest BCUT2D eigenvalue weighted by molar-refractivity contribution is 9.10. The number of aromatic nitrogens is 1. The summed E-state index contributed by atoms with van der Waals surface area (Å²) in [4.78, 5) is 5.32. The molecular formula is C46H29BrN2OS. The normalized spacial score (nSPS) is 12.3. The van der Waals surface area contributed by atoms with Gasteiger partial charge in [0.2, 0.25) is 0 Å². The predicted octanol–water partition coefficient (Wildman–Crippen LogP) is 14.2. The summed E-state index contributed by atoms with van der Waals surface area (Å²) in [6, 6.07) is 51.5. The van der Waals surface area contributed by atoms with Crippen molar-refractivity contribution < 1.29 is 4.42 Å². The van der Waals surface area contributed by atoms with Crippen LogP contribution >= 0.6 is 27.3 Å². The second-order valence-electron chi connectivity index (χ2n) is 13.0. The summed E-state index contributed by atoms with van der Waals surface area (Å²) in [5.41, 5.74) is 10.3. The van der Waals surface area contributed by atoms with Crippen LogP contribution in [0, 0.1) is 0 Å². The molecule has 0 radical (unpaired) electrons. The van der Waals surface area contributed by atoms with E-state index in [0.29, 0.717) is 0 Å². The number of rotatable bonds is 4. The minimum atomic E-state index is 0.880. The van der Waals surface area contributed by atoms with Crippen molar-refractivity contribution in [1.29, 1.82) is 0 Å². The van der Waals surface area contributed by atoms with Gasteiger partial charge in [0.1, 0.15) is 17.0 Å². The molecule has 0 saturated heterocycles. The smallest absolute Gasteiger partial charge is 0.136 e. The van der Waals surface area contributed by atoms with E-state index >= 15 is 0 Å². The zero-order valence-electron chi connectivity index (χ0n) is 27.7. The molecule has 0 bridgehead atoms. The Kier molecular flexibility index (Phi) is 6.88. The maximum atomic E-state index is 6.20. The molecular weight excluding hydrogens is 708 g/mol. The molecule has 242 valence electrons. The highest BCUT2D eigenvalue weighted by Gasteiger charge is 2.18. The fourth-order valence-corrected chi connectivity index (χ4v) is 9.26. The van der Waals surface area contributed by atoms with E-state index in [1.807, 2.05) is 47.7 Å². The van der Waals surface area contributed by atoms with Crippen LogP contribution in [-0.2, 0) is 0 Å². The van der Waals surface area contributed by atoms with E-state index in [1.54, 1.807) is 0 Å². The van der Waals surface area contributed by atoms with Crippen molar-refractivity contribution in [1.82, 2.24) is 4.57 Å². The van der Waals surface area contributed by atoms with Crippen molar-refractivity contribution in [2.45, 2.75) is 6.92 Å². The summed E-state index contributed by atoms with van der Waals surface area (Å²) in [7, 11) is 0. The molecule has 0 atom stereocenters. The van der Waals surface area contributed by atoms with Gasteiger partial charge in [0.15, 0.2) is 0 Å². The van der Waals surface area contributed by atoms with Crippen LogP contribution in [0.15, 0.2) is 166 Å². The van der Waals surface area contributed by atoms with Crippen LogP contribution in [0.5, 0.6) is 0 Å². The van der Waals surface area contributed by atoms with E-state index in [2.05, 4.69) is 143 Å². The lowest BCUT2D eigenvalue weighted by Crippen LogP contribution is -2.06. The maximum absolute atomic E-state index is 6.20. The van der Waals surface area contributed by atoms with Gasteiger partial charge in [0.25, 0.3) is 0 Å². The van der Waals surface area contributed by atoms with Gasteiger partial charge in [-0.2, -0.15) is 0 Å². The first-order valence-corrected chi connectivity index (χ1v) is 18.5. The van der Waals surface area contributed by atoms with Gasteiger partial charge in [0.05, 0.1) is 16.7 Å². The third kappa shape index (κ3) is 4.80. The summed E-state index contributed by atoms with van der Waals surface area (Å²) < 4.78 is 12.1. The Morgan fingerprint density at radius 1 is 0.627 bits per heavy atom. The van der Waals surface area contributed by atoms with E-state index in [-0.39, 0.29) is 0 Å². The van der Waals surface area contributed by atoms with E-state index in [4.69, 9.17) is 9.41 Å². The van der Waals surface area contributed by atoms with E-state index in [0.717, 1.165) is 76.8 Å². The lowest BCUT2D eigenvalue weighted by molar-refractivity contribution is 0.669. The van der Waals surface area contributed by atoms with Gasteiger partial charge in [-0.25, -0.2) is 4.99 Å². The molecule has 0 amide bonds. The number of hydrogen-bond donors (Lipinski definition) is 0. The number of nitrogens with zero attached hydrogens (tertiary/aromatic N) is 2. The molecule has 3 heterocycles. The van der Waals surface area contributed by atoms with Crippen LogP contribution in [0.4, 0.5) is 5.69 Å². The van der Waals surface area contributed by atoms with E-state index in [1.165, 1.54) is 30.9 Å². The zero-order valence-corrected chi connectivity index (χ0v) is 30.1. The van der Waals surface area contributed by atoms with Gasteiger partial charge in [-0.05, 0) is 89.9 Å². The molecule has 0 saturated carbocycles. The van der Waals surface area contributed by atoms with Crippen LogP contribution < -0.4 is 0 Å². The zero-order chi connectivity index (χ0) is 34.2. The van der Waals surface area contributed by atoms with Gasteiger partial charge in [-0.1, -0.05) is 107 Å². The number of halogens is 1. The third-order valence-corrected chi connectivity index (χ3v) is 11.8. The number of aliphatic imine (C=N–C) groups is 1. The molecule has 51 heavy (non-hydrogen) atoms. The highest BCUT2D eigenvalue weighted by Crippen LogP contribution is 2.42. The molecule has 7 aromatic carbocycles.